The molecule has 1 aromatic carbocycles. The largest absolute Gasteiger partial charge is 0.394 e. The maximum absolute atomic E-state index is 9.20. The third-order valence-corrected chi connectivity index (χ3v) is 3.12. The fourth-order valence-corrected chi connectivity index (χ4v) is 1.67. The van der Waals surface area contributed by atoms with Crippen molar-refractivity contribution < 1.29 is 10.2 Å². The van der Waals surface area contributed by atoms with Crippen LogP contribution in [-0.4, -0.2) is 38.7 Å². The molecule has 0 amide bonds. The van der Waals surface area contributed by atoms with Gasteiger partial charge in [0.15, 0.2) is 0 Å². The fourth-order valence-electron chi connectivity index (χ4n) is 1.67. The summed E-state index contributed by atoms with van der Waals surface area (Å²) in [6, 6.07) is 9.85. The molecule has 0 saturated heterocycles. The van der Waals surface area contributed by atoms with Crippen molar-refractivity contribution in [2.75, 3.05) is 13.2 Å². The van der Waals surface area contributed by atoms with Gasteiger partial charge in [-0.15, -0.1) is 0 Å². The highest BCUT2D eigenvalue weighted by molar-refractivity contribution is 5.33. The maximum Gasteiger partial charge on any atom is 0.0645 e. The molecule has 5 heteroatoms. The first-order chi connectivity index (χ1) is 9.17. The van der Waals surface area contributed by atoms with Gasteiger partial charge in [0.05, 0.1) is 24.4 Å². The molecule has 3 N–H and O–H groups in total. The summed E-state index contributed by atoms with van der Waals surface area (Å²) in [6.07, 6.45) is 3.63. The first kappa shape index (κ1) is 13.7. The SMILES string of the molecule is CC(CO)(CO)NCc1ccc(-n2cccn2)cc1. The number of hydrogen-bond acceptors (Lipinski definition) is 4. The molecule has 0 spiro atoms. The van der Waals surface area contributed by atoms with Crippen LogP contribution in [0.15, 0.2) is 42.7 Å². The molecule has 0 aliphatic rings. The lowest BCUT2D eigenvalue weighted by Gasteiger charge is -2.26. The standard InChI is InChI=1S/C14H19N3O2/c1-14(10-18,11-19)15-9-12-3-5-13(6-4-12)17-8-2-7-16-17/h2-8,15,18-19H,9-11H2,1H3. The topological polar surface area (TPSA) is 70.3 Å². The molecule has 2 aromatic rings. The molecule has 0 bridgehead atoms. The highest BCUT2D eigenvalue weighted by Gasteiger charge is 2.20. The highest BCUT2D eigenvalue weighted by atomic mass is 16.3. The Bertz CT molecular complexity index is 490. The van der Waals surface area contributed by atoms with E-state index in [1.54, 1.807) is 17.8 Å². The Morgan fingerprint density at radius 1 is 1.21 bits per heavy atom. The van der Waals surface area contributed by atoms with Crippen molar-refractivity contribution in [1.29, 1.82) is 0 Å². The minimum absolute atomic E-state index is 0.102. The molecule has 1 heterocycles. The molecule has 0 aliphatic heterocycles. The van der Waals surface area contributed by atoms with Gasteiger partial charge >= 0.3 is 0 Å². The predicted molar refractivity (Wildman–Crippen MR) is 73.0 cm³/mol. The van der Waals surface area contributed by atoms with Crippen LogP contribution in [0.5, 0.6) is 0 Å². The van der Waals surface area contributed by atoms with E-state index in [-0.39, 0.29) is 13.2 Å². The summed E-state index contributed by atoms with van der Waals surface area (Å²) in [7, 11) is 0. The van der Waals surface area contributed by atoms with Crippen molar-refractivity contribution in [3.63, 3.8) is 0 Å². The van der Waals surface area contributed by atoms with Crippen LogP contribution in [0.25, 0.3) is 5.69 Å². The lowest BCUT2D eigenvalue weighted by Crippen LogP contribution is -2.48. The molecular weight excluding hydrogens is 242 g/mol. The number of aliphatic hydroxyl groups excluding tert-OH is 2. The average Bonchev–Trinajstić information content (AvgIpc) is 2.99. The van der Waals surface area contributed by atoms with Crippen LogP contribution in [0.4, 0.5) is 0 Å². The third kappa shape index (κ3) is 3.41. The van der Waals surface area contributed by atoms with Crippen LogP contribution in [-0.2, 0) is 6.54 Å². The molecule has 0 saturated carbocycles. The van der Waals surface area contributed by atoms with Crippen molar-refractivity contribution in [2.24, 2.45) is 0 Å². The first-order valence-electron chi connectivity index (χ1n) is 6.22. The van der Waals surface area contributed by atoms with Gasteiger partial charge in [0.25, 0.3) is 0 Å². The number of aromatic nitrogens is 2. The minimum atomic E-state index is -0.652. The highest BCUT2D eigenvalue weighted by Crippen LogP contribution is 2.10. The van der Waals surface area contributed by atoms with E-state index in [0.717, 1.165) is 11.3 Å². The Hall–Kier alpha value is -1.69. The molecule has 5 nitrogen and oxygen atoms in total. The van der Waals surface area contributed by atoms with Gasteiger partial charge in [0, 0.05) is 18.9 Å². The van der Waals surface area contributed by atoms with Crippen molar-refractivity contribution in [2.45, 2.75) is 19.0 Å². The Balaban J connectivity index is 2.00. The van der Waals surface area contributed by atoms with Gasteiger partial charge in [-0.2, -0.15) is 5.10 Å². The molecule has 0 aliphatic carbocycles. The van der Waals surface area contributed by atoms with E-state index in [2.05, 4.69) is 10.4 Å². The molecule has 102 valence electrons. The molecule has 0 radical (unpaired) electrons. The van der Waals surface area contributed by atoms with E-state index in [9.17, 15) is 10.2 Å². The molecule has 1 aromatic heterocycles. The first-order valence-corrected chi connectivity index (χ1v) is 6.22. The molecule has 2 rings (SSSR count). The summed E-state index contributed by atoms with van der Waals surface area (Å²) in [5.41, 5.74) is 1.44. The number of hydrogen-bond donors (Lipinski definition) is 3. The van der Waals surface area contributed by atoms with E-state index < -0.39 is 5.54 Å². The van der Waals surface area contributed by atoms with Gasteiger partial charge in [-0.3, -0.25) is 0 Å². The summed E-state index contributed by atoms with van der Waals surface area (Å²) in [5, 5.41) is 25.7. The number of nitrogens with zero attached hydrogens (tertiary/aromatic N) is 2. The van der Waals surface area contributed by atoms with Crippen molar-refractivity contribution in [1.82, 2.24) is 15.1 Å². The summed E-state index contributed by atoms with van der Waals surface area (Å²) in [5.74, 6) is 0. The second kappa shape index (κ2) is 5.97. The zero-order chi connectivity index (χ0) is 13.7. The Morgan fingerprint density at radius 2 is 1.89 bits per heavy atom. The smallest absolute Gasteiger partial charge is 0.0645 e. The molecule has 0 atom stereocenters. The molecule has 0 unspecified atom stereocenters. The fraction of sp³-hybridized carbons (Fsp3) is 0.357. The average molecular weight is 261 g/mol. The van der Waals surface area contributed by atoms with Gasteiger partial charge in [-0.25, -0.2) is 4.68 Å². The zero-order valence-corrected chi connectivity index (χ0v) is 11.0. The number of rotatable bonds is 6. The van der Waals surface area contributed by atoms with Crippen molar-refractivity contribution in [3.05, 3.63) is 48.3 Å². The van der Waals surface area contributed by atoms with Crippen LogP contribution in [0.1, 0.15) is 12.5 Å². The Labute approximate surface area is 112 Å². The molecule has 0 fully saturated rings. The monoisotopic (exact) mass is 261 g/mol. The van der Waals surface area contributed by atoms with E-state index in [1.165, 1.54) is 0 Å². The second-order valence-corrected chi connectivity index (χ2v) is 4.85. The van der Waals surface area contributed by atoms with E-state index in [0.29, 0.717) is 6.54 Å². The summed E-state index contributed by atoms with van der Waals surface area (Å²) in [6.45, 7) is 2.17. The summed E-state index contributed by atoms with van der Waals surface area (Å²) >= 11 is 0. The van der Waals surface area contributed by atoms with Gasteiger partial charge < -0.3 is 15.5 Å². The Morgan fingerprint density at radius 3 is 2.42 bits per heavy atom. The summed E-state index contributed by atoms with van der Waals surface area (Å²) < 4.78 is 1.79. The normalized spacial score (nSPS) is 11.7. The number of aliphatic hydroxyl groups is 2. The quantitative estimate of drug-likeness (QED) is 0.716. The second-order valence-electron chi connectivity index (χ2n) is 4.85. The minimum Gasteiger partial charge on any atom is -0.394 e. The lowest BCUT2D eigenvalue weighted by molar-refractivity contribution is 0.103. The van der Waals surface area contributed by atoms with Gasteiger partial charge in [0.2, 0.25) is 0 Å². The zero-order valence-electron chi connectivity index (χ0n) is 11.0. The van der Waals surface area contributed by atoms with E-state index >= 15 is 0 Å². The van der Waals surface area contributed by atoms with E-state index in [1.807, 2.05) is 36.5 Å². The van der Waals surface area contributed by atoms with Gasteiger partial charge in [-0.05, 0) is 30.7 Å². The van der Waals surface area contributed by atoms with Gasteiger partial charge in [-0.1, -0.05) is 12.1 Å². The third-order valence-electron chi connectivity index (χ3n) is 3.12. The van der Waals surface area contributed by atoms with Crippen molar-refractivity contribution in [3.8, 4) is 5.69 Å². The van der Waals surface area contributed by atoms with Crippen molar-refractivity contribution >= 4 is 0 Å². The summed E-state index contributed by atoms with van der Waals surface area (Å²) in [4.78, 5) is 0. The van der Waals surface area contributed by atoms with Crippen LogP contribution < -0.4 is 5.32 Å². The van der Waals surface area contributed by atoms with Gasteiger partial charge in [0.1, 0.15) is 0 Å². The molecule has 19 heavy (non-hydrogen) atoms. The number of nitrogens with one attached hydrogen (secondary N) is 1. The van der Waals surface area contributed by atoms with Crippen LogP contribution in [0, 0.1) is 0 Å². The van der Waals surface area contributed by atoms with E-state index in [4.69, 9.17) is 0 Å². The molecular formula is C14H19N3O2. The van der Waals surface area contributed by atoms with Crippen LogP contribution in [0.2, 0.25) is 0 Å². The maximum atomic E-state index is 9.20. The van der Waals surface area contributed by atoms with Crippen LogP contribution >= 0.6 is 0 Å². The number of benzene rings is 1. The Kier molecular flexibility index (Phi) is 4.31. The lowest BCUT2D eigenvalue weighted by atomic mass is 10.0. The van der Waals surface area contributed by atoms with Crippen LogP contribution in [0.3, 0.4) is 0 Å². The predicted octanol–water partition coefficient (Wildman–Crippen LogP) is 0.705.